The second-order valence-corrected chi connectivity index (χ2v) is 4.58. The first kappa shape index (κ1) is 11.4. The summed E-state index contributed by atoms with van der Waals surface area (Å²) in [5.74, 6) is 0.925. The number of imide groups is 1. The summed E-state index contributed by atoms with van der Waals surface area (Å²) in [5, 5.41) is 5.87. The number of piperidine rings is 1. The molecule has 2 aliphatic heterocycles. The molecule has 2 saturated heterocycles. The maximum Gasteiger partial charge on any atom is 0.324 e. The normalized spacial score (nSPS) is 30.7. The second kappa shape index (κ2) is 4.82. The van der Waals surface area contributed by atoms with E-state index in [9.17, 15) is 9.59 Å². The zero-order valence-corrected chi connectivity index (χ0v) is 9.53. The Hall–Kier alpha value is -1.10. The fourth-order valence-electron chi connectivity index (χ4n) is 2.27. The lowest BCUT2D eigenvalue weighted by Crippen LogP contribution is -2.39. The molecule has 0 aliphatic carbocycles. The quantitative estimate of drug-likeness (QED) is 0.663. The molecular formula is C11H18N3O2. The zero-order chi connectivity index (χ0) is 11.5. The van der Waals surface area contributed by atoms with Crippen LogP contribution >= 0.6 is 0 Å². The van der Waals surface area contributed by atoms with E-state index in [1.54, 1.807) is 0 Å². The first-order valence-electron chi connectivity index (χ1n) is 5.80. The minimum atomic E-state index is -0.248. The van der Waals surface area contributed by atoms with Crippen molar-refractivity contribution in [1.29, 1.82) is 0 Å². The third-order valence-electron chi connectivity index (χ3n) is 3.13. The summed E-state index contributed by atoms with van der Waals surface area (Å²) in [4.78, 5) is 23.9. The van der Waals surface area contributed by atoms with E-state index in [0.29, 0.717) is 18.4 Å². The Bertz CT molecular complexity index is 277. The Morgan fingerprint density at radius 2 is 2.25 bits per heavy atom. The first-order chi connectivity index (χ1) is 7.66. The van der Waals surface area contributed by atoms with Gasteiger partial charge in [0, 0.05) is 6.54 Å². The minimum Gasteiger partial charge on any atom is -0.329 e. The Kier molecular flexibility index (Phi) is 3.43. The van der Waals surface area contributed by atoms with Crippen LogP contribution in [-0.4, -0.2) is 43.0 Å². The summed E-state index contributed by atoms with van der Waals surface area (Å²) < 4.78 is 0. The van der Waals surface area contributed by atoms with Crippen LogP contribution in [0, 0.1) is 18.3 Å². The molecule has 0 aromatic rings. The van der Waals surface area contributed by atoms with Crippen molar-refractivity contribution in [2.45, 2.75) is 13.3 Å². The summed E-state index contributed by atoms with van der Waals surface area (Å²) >= 11 is 0. The predicted octanol–water partition coefficient (Wildman–Crippen LogP) is -0.0119. The molecule has 0 spiro atoms. The average molecular weight is 224 g/mol. The molecule has 0 saturated carbocycles. The van der Waals surface area contributed by atoms with Crippen molar-refractivity contribution < 1.29 is 9.59 Å². The zero-order valence-electron chi connectivity index (χ0n) is 9.53. The number of rotatable bonds is 3. The number of amides is 3. The molecule has 2 unspecified atom stereocenters. The Morgan fingerprint density at radius 1 is 1.44 bits per heavy atom. The molecule has 2 fully saturated rings. The van der Waals surface area contributed by atoms with Gasteiger partial charge in [0.2, 0.25) is 5.91 Å². The van der Waals surface area contributed by atoms with Crippen molar-refractivity contribution in [3.05, 3.63) is 6.42 Å². The Balaban J connectivity index is 1.78. The molecule has 5 heteroatoms. The van der Waals surface area contributed by atoms with E-state index in [1.165, 1.54) is 4.90 Å². The van der Waals surface area contributed by atoms with Gasteiger partial charge in [-0.2, -0.15) is 0 Å². The van der Waals surface area contributed by atoms with Crippen molar-refractivity contribution in [2.24, 2.45) is 11.8 Å². The van der Waals surface area contributed by atoms with Gasteiger partial charge in [-0.25, -0.2) is 4.79 Å². The van der Waals surface area contributed by atoms with Crippen molar-refractivity contribution in [2.75, 3.05) is 26.2 Å². The molecule has 2 atom stereocenters. The molecule has 2 heterocycles. The lowest BCUT2D eigenvalue weighted by molar-refractivity contribution is -0.125. The topological polar surface area (TPSA) is 61.4 Å². The number of hydrogen-bond donors (Lipinski definition) is 2. The molecule has 0 bridgehead atoms. The maximum atomic E-state index is 11.3. The van der Waals surface area contributed by atoms with Gasteiger partial charge >= 0.3 is 6.03 Å². The fourth-order valence-corrected chi connectivity index (χ4v) is 2.27. The van der Waals surface area contributed by atoms with E-state index in [2.05, 4.69) is 24.0 Å². The molecule has 2 rings (SSSR count). The highest BCUT2D eigenvalue weighted by Gasteiger charge is 2.29. The van der Waals surface area contributed by atoms with Gasteiger partial charge in [0.15, 0.2) is 0 Å². The van der Waals surface area contributed by atoms with E-state index in [1.807, 2.05) is 0 Å². The molecule has 3 amide bonds. The number of nitrogens with zero attached hydrogens (tertiary/aromatic N) is 1. The van der Waals surface area contributed by atoms with Gasteiger partial charge in [0.25, 0.3) is 0 Å². The van der Waals surface area contributed by atoms with E-state index in [4.69, 9.17) is 0 Å². The smallest absolute Gasteiger partial charge is 0.324 e. The fraction of sp³-hybridized carbons (Fsp3) is 0.727. The Morgan fingerprint density at radius 3 is 2.88 bits per heavy atom. The van der Waals surface area contributed by atoms with Gasteiger partial charge in [-0.3, -0.25) is 9.69 Å². The van der Waals surface area contributed by atoms with E-state index < -0.39 is 0 Å². The van der Waals surface area contributed by atoms with E-state index in [0.717, 1.165) is 19.5 Å². The highest BCUT2D eigenvalue weighted by atomic mass is 16.2. The van der Waals surface area contributed by atoms with Crippen molar-refractivity contribution in [1.82, 2.24) is 15.5 Å². The summed E-state index contributed by atoms with van der Waals surface area (Å²) in [6.45, 7) is 4.84. The number of urea groups is 1. The van der Waals surface area contributed by atoms with Crippen LogP contribution < -0.4 is 10.6 Å². The molecule has 16 heavy (non-hydrogen) atoms. The molecule has 89 valence electrons. The van der Waals surface area contributed by atoms with Crippen LogP contribution in [0.3, 0.4) is 0 Å². The standard InChI is InChI=1S/C11H18N3O2/c1-8-4-9(6-12-5-8)2-3-14-10(15)7-13-11(14)16/h4,8-9,12H,2-3,5-7H2,1H3,(H,13,16). The Labute approximate surface area is 95.6 Å². The molecule has 2 N–H and O–H groups in total. The van der Waals surface area contributed by atoms with Gasteiger partial charge in [0.1, 0.15) is 0 Å². The summed E-state index contributed by atoms with van der Waals surface area (Å²) in [6, 6.07) is -0.248. The molecule has 2 aliphatic rings. The SMILES string of the molecule is CC1[CH]C(CCN2C(=O)CNC2=O)CNC1. The molecular weight excluding hydrogens is 206 g/mol. The van der Waals surface area contributed by atoms with Crippen LogP contribution in [0.5, 0.6) is 0 Å². The van der Waals surface area contributed by atoms with Crippen LogP contribution in [0.4, 0.5) is 4.79 Å². The third-order valence-corrected chi connectivity index (χ3v) is 3.13. The highest BCUT2D eigenvalue weighted by molar-refractivity contribution is 6.01. The van der Waals surface area contributed by atoms with E-state index in [-0.39, 0.29) is 18.5 Å². The maximum absolute atomic E-state index is 11.3. The van der Waals surface area contributed by atoms with Crippen molar-refractivity contribution >= 4 is 11.9 Å². The number of nitrogens with one attached hydrogen (secondary N) is 2. The van der Waals surface area contributed by atoms with Gasteiger partial charge in [-0.05, 0) is 37.8 Å². The lowest BCUT2D eigenvalue weighted by Gasteiger charge is -2.28. The van der Waals surface area contributed by atoms with Crippen LogP contribution in [0.1, 0.15) is 13.3 Å². The van der Waals surface area contributed by atoms with Crippen LogP contribution in [0.15, 0.2) is 0 Å². The van der Waals surface area contributed by atoms with Gasteiger partial charge in [-0.1, -0.05) is 6.92 Å². The van der Waals surface area contributed by atoms with Gasteiger partial charge in [0.05, 0.1) is 6.54 Å². The summed E-state index contributed by atoms with van der Waals surface area (Å²) in [7, 11) is 0. The molecule has 1 radical (unpaired) electrons. The molecule has 5 nitrogen and oxygen atoms in total. The minimum absolute atomic E-state index is 0.109. The van der Waals surface area contributed by atoms with Gasteiger partial charge in [-0.15, -0.1) is 0 Å². The first-order valence-corrected chi connectivity index (χ1v) is 5.80. The van der Waals surface area contributed by atoms with Crippen molar-refractivity contribution in [3.8, 4) is 0 Å². The number of hydrogen-bond acceptors (Lipinski definition) is 3. The van der Waals surface area contributed by atoms with Crippen molar-refractivity contribution in [3.63, 3.8) is 0 Å². The summed E-state index contributed by atoms with van der Waals surface area (Å²) in [5.41, 5.74) is 0. The van der Waals surface area contributed by atoms with Crippen LogP contribution in [0.25, 0.3) is 0 Å². The second-order valence-electron chi connectivity index (χ2n) is 4.58. The van der Waals surface area contributed by atoms with Crippen LogP contribution in [-0.2, 0) is 4.79 Å². The van der Waals surface area contributed by atoms with Gasteiger partial charge < -0.3 is 10.6 Å². The van der Waals surface area contributed by atoms with E-state index >= 15 is 0 Å². The monoisotopic (exact) mass is 224 g/mol. The predicted molar refractivity (Wildman–Crippen MR) is 59.6 cm³/mol. The summed E-state index contributed by atoms with van der Waals surface area (Å²) in [6.07, 6.45) is 3.17. The lowest BCUT2D eigenvalue weighted by atomic mass is 9.89. The molecule has 0 aromatic heterocycles. The number of carbonyl (C=O) groups excluding carboxylic acids is 2. The van der Waals surface area contributed by atoms with Crippen LogP contribution in [0.2, 0.25) is 0 Å². The largest absolute Gasteiger partial charge is 0.329 e. The molecule has 0 aromatic carbocycles. The highest BCUT2D eigenvalue weighted by Crippen LogP contribution is 2.18. The third kappa shape index (κ3) is 2.52. The number of carbonyl (C=O) groups is 2. The average Bonchev–Trinajstić information content (AvgIpc) is 2.56.